The average Bonchev–Trinajstić information content (AvgIpc) is 3.73. The largest absolute Gasteiger partial charge is 0.456 e. The van der Waals surface area contributed by atoms with E-state index in [4.69, 9.17) is 19.4 Å². The van der Waals surface area contributed by atoms with Crippen LogP contribution < -0.4 is 0 Å². The van der Waals surface area contributed by atoms with Crippen LogP contribution in [0.5, 0.6) is 0 Å². The molecule has 0 atom stereocenters. The van der Waals surface area contributed by atoms with Gasteiger partial charge in [-0.1, -0.05) is 115 Å². The molecule has 0 unspecified atom stereocenters. The van der Waals surface area contributed by atoms with Crippen molar-refractivity contribution in [2.75, 3.05) is 0 Å². The minimum atomic E-state index is 0.643. The highest BCUT2D eigenvalue weighted by molar-refractivity contribution is 7.26. The van der Waals surface area contributed by atoms with Gasteiger partial charge in [-0.2, -0.15) is 0 Å². The Morgan fingerprint density at radius 3 is 1.77 bits per heavy atom. The predicted molar refractivity (Wildman–Crippen MR) is 199 cm³/mol. The van der Waals surface area contributed by atoms with Gasteiger partial charge in [0.15, 0.2) is 17.5 Å². The summed E-state index contributed by atoms with van der Waals surface area (Å²) in [5.41, 5.74) is 6.88. The maximum Gasteiger partial charge on any atom is 0.164 e. The molecule has 0 fully saturated rings. The Morgan fingerprint density at radius 1 is 0.396 bits per heavy atom. The zero-order valence-electron chi connectivity index (χ0n) is 25.6. The molecule has 0 saturated carbocycles. The minimum absolute atomic E-state index is 0.643. The fraction of sp³-hybridized carbons (Fsp3) is 0. The van der Waals surface area contributed by atoms with Crippen LogP contribution >= 0.6 is 11.3 Å². The fourth-order valence-electron chi connectivity index (χ4n) is 6.86. The van der Waals surface area contributed by atoms with Crippen molar-refractivity contribution in [3.8, 4) is 45.3 Å². The second kappa shape index (κ2) is 10.7. The van der Waals surface area contributed by atoms with Gasteiger partial charge in [-0.05, 0) is 58.3 Å². The number of benzene rings is 7. The Morgan fingerprint density at radius 2 is 1.02 bits per heavy atom. The molecule has 0 aliphatic rings. The van der Waals surface area contributed by atoms with Gasteiger partial charge in [0.2, 0.25) is 0 Å². The molecule has 3 heterocycles. The van der Waals surface area contributed by atoms with Gasteiger partial charge in [0.05, 0.1) is 0 Å². The standard InChI is InChI=1S/C43H25N3OS/c1-3-12-27(13-4-1)41-44-42(28-14-5-2-6-15-28)46-43(45-41)30-24-33(40-32-17-9-10-18-37(32)48-38(40)25-30)29-20-21-35-34(23-29)39-31-16-8-7-11-26(31)19-22-36(39)47-35/h1-25H. The van der Waals surface area contributed by atoms with E-state index in [-0.39, 0.29) is 0 Å². The molecular weight excluding hydrogens is 607 g/mol. The predicted octanol–water partition coefficient (Wildman–Crippen LogP) is 12.0. The molecule has 0 amide bonds. The van der Waals surface area contributed by atoms with Gasteiger partial charge in [0.1, 0.15) is 11.2 Å². The molecule has 0 N–H and O–H groups in total. The smallest absolute Gasteiger partial charge is 0.164 e. The first-order valence-corrected chi connectivity index (χ1v) is 16.8. The molecule has 0 radical (unpaired) electrons. The molecule has 10 aromatic rings. The number of fused-ring (bicyclic) bond motifs is 8. The molecular formula is C43H25N3OS. The van der Waals surface area contributed by atoms with Crippen LogP contribution in [-0.4, -0.2) is 15.0 Å². The van der Waals surface area contributed by atoms with E-state index < -0.39 is 0 Å². The lowest BCUT2D eigenvalue weighted by molar-refractivity contribution is 0.669. The Labute approximate surface area is 279 Å². The first-order valence-electron chi connectivity index (χ1n) is 15.9. The summed E-state index contributed by atoms with van der Waals surface area (Å²) in [6, 6.07) is 52.7. The highest BCUT2D eigenvalue weighted by atomic mass is 32.1. The highest BCUT2D eigenvalue weighted by Crippen LogP contribution is 2.44. The lowest BCUT2D eigenvalue weighted by Gasteiger charge is -2.11. The minimum Gasteiger partial charge on any atom is -0.456 e. The second-order valence-corrected chi connectivity index (χ2v) is 13.1. The molecule has 3 aromatic heterocycles. The van der Waals surface area contributed by atoms with Crippen molar-refractivity contribution >= 4 is 64.2 Å². The molecule has 4 nitrogen and oxygen atoms in total. The van der Waals surface area contributed by atoms with E-state index >= 15 is 0 Å². The zero-order valence-corrected chi connectivity index (χ0v) is 26.4. The Kier molecular flexibility index (Phi) is 6.01. The topological polar surface area (TPSA) is 51.8 Å². The first-order chi connectivity index (χ1) is 23.8. The lowest BCUT2D eigenvalue weighted by Crippen LogP contribution is -2.00. The molecule has 48 heavy (non-hydrogen) atoms. The summed E-state index contributed by atoms with van der Waals surface area (Å²) >= 11 is 1.80. The van der Waals surface area contributed by atoms with Gasteiger partial charge in [-0.15, -0.1) is 11.3 Å². The van der Waals surface area contributed by atoms with Crippen LogP contribution in [0.1, 0.15) is 0 Å². The van der Waals surface area contributed by atoms with Crippen molar-refractivity contribution in [3.63, 3.8) is 0 Å². The second-order valence-electron chi connectivity index (χ2n) is 12.0. The number of rotatable bonds is 4. The Hall–Kier alpha value is -6.17. The summed E-state index contributed by atoms with van der Waals surface area (Å²) in [6.07, 6.45) is 0. The summed E-state index contributed by atoms with van der Waals surface area (Å²) in [6.45, 7) is 0. The fourth-order valence-corrected chi connectivity index (χ4v) is 8.04. The van der Waals surface area contributed by atoms with Crippen molar-refractivity contribution < 1.29 is 4.42 Å². The molecule has 10 rings (SSSR count). The third-order valence-corrected chi connectivity index (χ3v) is 10.2. The summed E-state index contributed by atoms with van der Waals surface area (Å²) < 4.78 is 8.81. The molecule has 0 aliphatic heterocycles. The van der Waals surface area contributed by atoms with Crippen LogP contribution in [0.15, 0.2) is 156 Å². The van der Waals surface area contributed by atoms with Crippen LogP contribution in [0.4, 0.5) is 0 Å². The third-order valence-electron chi connectivity index (χ3n) is 9.11. The molecule has 5 heteroatoms. The summed E-state index contributed by atoms with van der Waals surface area (Å²) in [7, 11) is 0. The maximum atomic E-state index is 6.37. The van der Waals surface area contributed by atoms with E-state index in [1.54, 1.807) is 11.3 Å². The monoisotopic (exact) mass is 631 g/mol. The Bertz CT molecular complexity index is 2780. The summed E-state index contributed by atoms with van der Waals surface area (Å²) in [5.74, 6) is 1.94. The quantitative estimate of drug-likeness (QED) is 0.194. The number of nitrogens with zero attached hydrogens (tertiary/aromatic N) is 3. The van der Waals surface area contributed by atoms with Crippen molar-refractivity contribution in [1.29, 1.82) is 0 Å². The van der Waals surface area contributed by atoms with Gasteiger partial charge in [-0.25, -0.2) is 15.0 Å². The normalized spacial score (nSPS) is 11.8. The Balaban J connectivity index is 1.26. The van der Waals surface area contributed by atoms with E-state index in [1.807, 2.05) is 60.7 Å². The number of hydrogen-bond acceptors (Lipinski definition) is 5. The van der Waals surface area contributed by atoms with E-state index in [2.05, 4.69) is 91.0 Å². The number of thiophene rings is 1. The third kappa shape index (κ3) is 4.33. The average molecular weight is 632 g/mol. The van der Waals surface area contributed by atoms with Crippen LogP contribution in [0.2, 0.25) is 0 Å². The van der Waals surface area contributed by atoms with Crippen molar-refractivity contribution in [1.82, 2.24) is 15.0 Å². The van der Waals surface area contributed by atoms with Crippen LogP contribution in [-0.2, 0) is 0 Å². The lowest BCUT2D eigenvalue weighted by atomic mass is 9.95. The molecule has 0 saturated heterocycles. The summed E-state index contributed by atoms with van der Waals surface area (Å²) in [4.78, 5) is 15.1. The van der Waals surface area contributed by atoms with E-state index in [0.29, 0.717) is 17.5 Å². The van der Waals surface area contributed by atoms with Crippen molar-refractivity contribution in [2.24, 2.45) is 0 Å². The zero-order chi connectivity index (χ0) is 31.6. The van der Waals surface area contributed by atoms with E-state index in [0.717, 1.165) is 49.8 Å². The van der Waals surface area contributed by atoms with E-state index in [1.165, 1.54) is 30.9 Å². The SMILES string of the molecule is c1ccc(-c2nc(-c3ccccc3)nc(-c3cc(-c4ccc5oc6ccc7ccccc7c6c5c4)c4c(c3)sc3ccccc34)n2)cc1. The van der Waals surface area contributed by atoms with Crippen LogP contribution in [0.25, 0.3) is 98.2 Å². The van der Waals surface area contributed by atoms with Crippen LogP contribution in [0.3, 0.4) is 0 Å². The van der Waals surface area contributed by atoms with Gasteiger partial charge in [0, 0.05) is 47.6 Å². The number of hydrogen-bond donors (Lipinski definition) is 0. The molecule has 7 aromatic carbocycles. The molecule has 0 aliphatic carbocycles. The highest BCUT2D eigenvalue weighted by Gasteiger charge is 2.19. The van der Waals surface area contributed by atoms with Crippen LogP contribution in [0, 0.1) is 0 Å². The van der Waals surface area contributed by atoms with Crippen molar-refractivity contribution in [2.45, 2.75) is 0 Å². The molecule has 0 bridgehead atoms. The first kappa shape index (κ1) is 27.0. The van der Waals surface area contributed by atoms with Gasteiger partial charge >= 0.3 is 0 Å². The molecule has 224 valence electrons. The number of furan rings is 1. The van der Waals surface area contributed by atoms with Gasteiger partial charge in [-0.3, -0.25) is 0 Å². The van der Waals surface area contributed by atoms with Gasteiger partial charge in [0.25, 0.3) is 0 Å². The van der Waals surface area contributed by atoms with Crippen molar-refractivity contribution in [3.05, 3.63) is 152 Å². The van der Waals surface area contributed by atoms with Gasteiger partial charge < -0.3 is 4.42 Å². The summed E-state index contributed by atoms with van der Waals surface area (Å²) in [5, 5.41) is 7.12. The maximum absolute atomic E-state index is 6.37. The van der Waals surface area contributed by atoms with E-state index in [9.17, 15) is 0 Å². The molecule has 0 spiro atoms. The number of aromatic nitrogens is 3.